The number of hydrogen-bond donors (Lipinski definition) is 3. The van der Waals surface area contributed by atoms with Crippen molar-refractivity contribution in [1.29, 1.82) is 0 Å². The molecule has 0 aromatic heterocycles. The molecule has 1 heterocycles. The van der Waals surface area contributed by atoms with Crippen LogP contribution < -0.4 is 5.73 Å². The Balaban J connectivity index is 1.81. The predicted molar refractivity (Wildman–Crippen MR) is 120 cm³/mol. The summed E-state index contributed by atoms with van der Waals surface area (Å²) in [5, 5.41) is 8.36. The lowest BCUT2D eigenvalue weighted by Crippen LogP contribution is -2.40. The molecular formula is C23H31N2O4P. The van der Waals surface area contributed by atoms with Gasteiger partial charge in [-0.2, -0.15) is 0 Å². The van der Waals surface area contributed by atoms with E-state index in [1.54, 1.807) is 0 Å². The first kappa shape index (κ1) is 22.7. The zero-order valence-electron chi connectivity index (χ0n) is 17.2. The number of carboxylic acids is 1. The highest BCUT2D eigenvalue weighted by Crippen LogP contribution is 2.59. The van der Waals surface area contributed by atoms with Crippen molar-refractivity contribution in [1.82, 2.24) is 4.90 Å². The lowest BCUT2D eigenvalue weighted by atomic mass is 9.96. The zero-order valence-corrected chi connectivity index (χ0v) is 18.1. The molecule has 1 fully saturated rings. The summed E-state index contributed by atoms with van der Waals surface area (Å²) in [6.07, 6.45) is 1.57. The van der Waals surface area contributed by atoms with Gasteiger partial charge in [-0.3, -0.25) is 14.3 Å². The number of rotatable bonds is 8. The maximum Gasteiger partial charge on any atom is 0.319 e. The van der Waals surface area contributed by atoms with Gasteiger partial charge < -0.3 is 15.7 Å². The molecule has 0 aliphatic carbocycles. The summed E-state index contributed by atoms with van der Waals surface area (Å²) in [7, 11) is -3.86. The predicted octanol–water partition coefficient (Wildman–Crippen LogP) is 3.78. The number of hydrogen-bond acceptors (Lipinski definition) is 4. The van der Waals surface area contributed by atoms with Crippen LogP contribution in [0, 0.1) is 0 Å². The summed E-state index contributed by atoms with van der Waals surface area (Å²) in [5.74, 6) is -1.16. The van der Waals surface area contributed by atoms with E-state index in [1.807, 2.05) is 30.3 Å². The zero-order chi connectivity index (χ0) is 21.6. The van der Waals surface area contributed by atoms with E-state index in [4.69, 9.17) is 5.73 Å². The lowest BCUT2D eigenvalue weighted by molar-refractivity contribution is -0.141. The van der Waals surface area contributed by atoms with Crippen molar-refractivity contribution in [3.63, 3.8) is 0 Å². The van der Waals surface area contributed by atoms with Gasteiger partial charge in [0.1, 0.15) is 5.16 Å². The number of nitrogens with two attached hydrogens (primary N) is 1. The van der Waals surface area contributed by atoms with Gasteiger partial charge in [0, 0.05) is 25.8 Å². The second-order valence-corrected chi connectivity index (χ2v) is 10.8. The molecule has 1 aliphatic heterocycles. The van der Waals surface area contributed by atoms with Gasteiger partial charge in [-0.25, -0.2) is 0 Å². The summed E-state index contributed by atoms with van der Waals surface area (Å²) in [6, 6.07) is 18.3. The topological polar surface area (TPSA) is 104 Å². The Morgan fingerprint density at radius 3 is 2.47 bits per heavy atom. The summed E-state index contributed by atoms with van der Waals surface area (Å²) >= 11 is 0. The Morgan fingerprint density at radius 1 is 1.07 bits per heavy atom. The first-order chi connectivity index (χ1) is 14.4. The Labute approximate surface area is 178 Å². The van der Waals surface area contributed by atoms with Crippen molar-refractivity contribution in [3.05, 3.63) is 60.2 Å². The molecule has 2 aromatic carbocycles. The van der Waals surface area contributed by atoms with Gasteiger partial charge in [-0.15, -0.1) is 0 Å². The molecule has 2 atom stereocenters. The van der Waals surface area contributed by atoms with Gasteiger partial charge >= 0.3 is 5.97 Å². The van der Waals surface area contributed by atoms with Crippen LogP contribution in [0.4, 0.5) is 0 Å². The van der Waals surface area contributed by atoms with Crippen LogP contribution in [-0.4, -0.2) is 51.8 Å². The summed E-state index contributed by atoms with van der Waals surface area (Å²) in [6.45, 7) is 1.95. The van der Waals surface area contributed by atoms with Crippen molar-refractivity contribution in [2.75, 3.05) is 25.8 Å². The van der Waals surface area contributed by atoms with E-state index in [-0.39, 0.29) is 19.0 Å². The Bertz CT molecular complexity index is 905. The van der Waals surface area contributed by atoms with Crippen LogP contribution in [0.15, 0.2) is 54.6 Å². The number of carboxylic acid groups (broad SMARTS) is 1. The molecule has 0 radical (unpaired) electrons. The Morgan fingerprint density at radius 2 is 1.77 bits per heavy atom. The summed E-state index contributed by atoms with van der Waals surface area (Å²) in [4.78, 5) is 25.0. The minimum atomic E-state index is -3.86. The molecule has 2 unspecified atom stereocenters. The highest BCUT2D eigenvalue weighted by atomic mass is 31.2. The molecule has 0 spiro atoms. The first-order valence-corrected chi connectivity index (χ1v) is 12.4. The highest BCUT2D eigenvalue weighted by molar-refractivity contribution is 7.60. The van der Waals surface area contributed by atoms with Crippen LogP contribution in [0.25, 0.3) is 11.1 Å². The van der Waals surface area contributed by atoms with E-state index in [9.17, 15) is 19.4 Å². The minimum absolute atomic E-state index is 0.00453. The van der Waals surface area contributed by atoms with Gasteiger partial charge in [0.25, 0.3) is 0 Å². The molecule has 7 heteroatoms. The van der Waals surface area contributed by atoms with E-state index in [0.29, 0.717) is 39.0 Å². The molecule has 0 amide bonds. The largest absolute Gasteiger partial charge is 0.480 e. The number of nitrogens with zero attached hydrogens (tertiary/aromatic N) is 1. The maximum atomic E-state index is 13.1. The molecule has 6 nitrogen and oxygen atoms in total. The average molecular weight is 430 g/mol. The van der Waals surface area contributed by atoms with E-state index >= 15 is 0 Å². The number of aliphatic carboxylic acids is 1. The van der Waals surface area contributed by atoms with Gasteiger partial charge in [0.15, 0.2) is 0 Å². The third kappa shape index (κ3) is 4.84. The minimum Gasteiger partial charge on any atom is -0.480 e. The SMILES string of the molecule is NCCCCC1(C(=O)O)CCN(Cc2ccccc2-c2ccccc2)CCP1(=O)O. The maximum absolute atomic E-state index is 13.1. The van der Waals surface area contributed by atoms with Gasteiger partial charge in [0.2, 0.25) is 7.37 Å². The van der Waals surface area contributed by atoms with E-state index in [0.717, 1.165) is 16.7 Å². The van der Waals surface area contributed by atoms with Gasteiger partial charge in [0.05, 0.1) is 0 Å². The number of benzene rings is 2. The molecule has 3 rings (SSSR count). The normalized spacial score (nSPS) is 25.0. The second kappa shape index (κ2) is 9.88. The molecule has 0 bridgehead atoms. The molecule has 4 N–H and O–H groups in total. The smallest absolute Gasteiger partial charge is 0.319 e. The molecule has 30 heavy (non-hydrogen) atoms. The van der Waals surface area contributed by atoms with Crippen LogP contribution in [0.3, 0.4) is 0 Å². The van der Waals surface area contributed by atoms with Crippen LogP contribution in [-0.2, 0) is 15.9 Å². The van der Waals surface area contributed by atoms with Crippen LogP contribution in [0.2, 0.25) is 0 Å². The van der Waals surface area contributed by atoms with E-state index in [2.05, 4.69) is 29.2 Å². The third-order valence-corrected chi connectivity index (χ3v) is 8.95. The molecule has 1 aliphatic rings. The molecule has 2 aromatic rings. The van der Waals surface area contributed by atoms with Gasteiger partial charge in [-0.1, -0.05) is 61.0 Å². The van der Waals surface area contributed by atoms with E-state index in [1.165, 1.54) is 0 Å². The number of unbranched alkanes of at least 4 members (excludes halogenated alkanes) is 1. The summed E-state index contributed by atoms with van der Waals surface area (Å²) in [5.41, 5.74) is 8.92. The second-order valence-electron chi connectivity index (χ2n) is 8.06. The average Bonchev–Trinajstić information content (AvgIpc) is 2.86. The third-order valence-electron chi connectivity index (χ3n) is 6.17. The lowest BCUT2D eigenvalue weighted by Gasteiger charge is -2.32. The fraction of sp³-hybridized carbons (Fsp3) is 0.435. The monoisotopic (exact) mass is 430 g/mol. The summed E-state index contributed by atoms with van der Waals surface area (Å²) < 4.78 is 13.1. The van der Waals surface area contributed by atoms with Crippen molar-refractivity contribution in [2.45, 2.75) is 37.4 Å². The van der Waals surface area contributed by atoms with Crippen LogP contribution in [0.5, 0.6) is 0 Å². The van der Waals surface area contributed by atoms with Crippen molar-refractivity contribution < 1.29 is 19.4 Å². The Kier molecular flexibility index (Phi) is 7.48. The Hall–Kier alpha value is -1.98. The first-order valence-electron chi connectivity index (χ1n) is 10.5. The molecular weight excluding hydrogens is 399 g/mol. The molecule has 1 saturated heterocycles. The van der Waals surface area contributed by atoms with Crippen LogP contribution in [0.1, 0.15) is 31.2 Å². The quantitative estimate of drug-likeness (QED) is 0.435. The van der Waals surface area contributed by atoms with Crippen molar-refractivity contribution in [2.24, 2.45) is 5.73 Å². The van der Waals surface area contributed by atoms with Gasteiger partial charge in [-0.05, 0) is 42.5 Å². The highest BCUT2D eigenvalue weighted by Gasteiger charge is 2.54. The van der Waals surface area contributed by atoms with Crippen molar-refractivity contribution >= 4 is 13.3 Å². The fourth-order valence-electron chi connectivity index (χ4n) is 4.30. The standard InChI is InChI=1S/C23H31N2O4P/c24-14-7-6-12-23(22(26)27)13-15-25(16-17-30(23,28)29)18-20-10-4-5-11-21(20)19-8-2-1-3-9-19/h1-5,8-11H,6-7,12-18,24H2,(H,26,27)(H,28,29). The fourth-order valence-corrected chi connectivity index (χ4v) is 6.54. The van der Waals surface area contributed by atoms with E-state index < -0.39 is 18.5 Å². The molecule has 0 saturated carbocycles. The number of carbonyl (C=O) groups is 1. The van der Waals surface area contributed by atoms with Crippen LogP contribution >= 0.6 is 7.37 Å². The molecule has 162 valence electrons. The van der Waals surface area contributed by atoms with Crippen molar-refractivity contribution in [3.8, 4) is 11.1 Å².